The summed E-state index contributed by atoms with van der Waals surface area (Å²) in [5.74, 6) is 0. The lowest BCUT2D eigenvalue weighted by molar-refractivity contribution is -0.400. The van der Waals surface area contributed by atoms with E-state index in [2.05, 4.69) is 0 Å². The lowest BCUT2D eigenvalue weighted by Crippen LogP contribution is -2.67. The van der Waals surface area contributed by atoms with Gasteiger partial charge in [-0.1, -0.05) is 0 Å². The summed E-state index contributed by atoms with van der Waals surface area (Å²) in [6.45, 7) is 1.06. The second-order valence-electron chi connectivity index (χ2n) is 11.1. The van der Waals surface area contributed by atoms with Gasteiger partial charge in [0.1, 0.15) is 85.5 Å². The van der Waals surface area contributed by atoms with Gasteiger partial charge in [0.15, 0.2) is 25.2 Å². The molecular formula is C24H42O19. The fourth-order valence-corrected chi connectivity index (χ4v) is 5.39. The monoisotopic (exact) mass is 634 g/mol. The first-order valence-corrected chi connectivity index (χ1v) is 13.8. The fourth-order valence-electron chi connectivity index (χ4n) is 5.39. The molecule has 19 heteroatoms. The number of rotatable bonds is 8. The fraction of sp³-hybridized carbons (Fsp3) is 1.00. The molecule has 0 aromatic heterocycles. The van der Waals surface area contributed by atoms with Gasteiger partial charge in [-0.05, 0) is 13.8 Å². The first-order valence-electron chi connectivity index (χ1n) is 13.8. The van der Waals surface area contributed by atoms with E-state index in [0.29, 0.717) is 0 Å². The van der Waals surface area contributed by atoms with Crippen molar-refractivity contribution >= 4 is 0 Å². The van der Waals surface area contributed by atoms with Crippen LogP contribution in [0, 0.1) is 0 Å². The maximum absolute atomic E-state index is 11.0. The van der Waals surface area contributed by atoms with Crippen LogP contribution in [0.1, 0.15) is 13.8 Å². The number of aliphatic hydroxyl groups is 12. The van der Waals surface area contributed by atoms with Gasteiger partial charge < -0.3 is 94.4 Å². The highest BCUT2D eigenvalue weighted by Crippen LogP contribution is 2.34. The molecule has 12 N–H and O–H groups in total. The Hall–Kier alpha value is -0.760. The Morgan fingerprint density at radius 1 is 0.419 bits per heavy atom. The number of hydrogen-bond donors (Lipinski definition) is 12. The van der Waals surface area contributed by atoms with Crippen LogP contribution in [-0.2, 0) is 33.2 Å². The zero-order valence-corrected chi connectivity index (χ0v) is 23.2. The Balaban J connectivity index is 1.61. The Labute approximate surface area is 244 Å². The third-order valence-electron chi connectivity index (χ3n) is 8.13. The lowest BCUT2D eigenvalue weighted by atomic mass is 9.96. The van der Waals surface area contributed by atoms with Crippen molar-refractivity contribution in [1.29, 1.82) is 0 Å². The van der Waals surface area contributed by atoms with Gasteiger partial charge in [-0.2, -0.15) is 0 Å². The Morgan fingerprint density at radius 3 is 1.35 bits per heavy atom. The second-order valence-corrected chi connectivity index (χ2v) is 11.1. The molecule has 252 valence electrons. The van der Waals surface area contributed by atoms with Crippen molar-refractivity contribution in [3.05, 3.63) is 0 Å². The smallest absolute Gasteiger partial charge is 0.187 e. The molecular weight excluding hydrogens is 592 g/mol. The molecule has 4 aliphatic heterocycles. The van der Waals surface area contributed by atoms with Crippen molar-refractivity contribution in [3.63, 3.8) is 0 Å². The van der Waals surface area contributed by atoms with Crippen molar-refractivity contribution in [2.75, 3.05) is 13.2 Å². The lowest BCUT2D eigenvalue weighted by Gasteiger charge is -2.49. The zero-order chi connectivity index (χ0) is 31.9. The minimum absolute atomic E-state index is 0.832. The van der Waals surface area contributed by atoms with Gasteiger partial charge >= 0.3 is 0 Å². The van der Waals surface area contributed by atoms with Crippen LogP contribution in [0.5, 0.6) is 0 Å². The number of hydrogen-bond acceptors (Lipinski definition) is 19. The van der Waals surface area contributed by atoms with Crippen LogP contribution in [0.15, 0.2) is 0 Å². The van der Waals surface area contributed by atoms with Gasteiger partial charge in [-0.3, -0.25) is 0 Å². The standard InChI is InChI=1S/C24H42O19/c1-5-9(27)13(31)16(34)22(37-5)42-19-15(33)11(29)7(3-25)40-24(19)41-18-12(30)8(4-26)39-21(36)20(18)43-23-17(35)14(32)10(28)6(2)38-23/h5-36H,3-4H2,1-2H3/t5-,6-,7+,8+,9+,10+,11-,12-,13+,14+,15-,16-,17-,18-,19+,20+,21-,22-,23-,24-/m0/s1. The van der Waals surface area contributed by atoms with Gasteiger partial charge in [0, 0.05) is 0 Å². The molecule has 0 spiro atoms. The van der Waals surface area contributed by atoms with Gasteiger partial charge in [-0.25, -0.2) is 0 Å². The van der Waals surface area contributed by atoms with Crippen molar-refractivity contribution in [2.24, 2.45) is 0 Å². The molecule has 0 aromatic carbocycles. The quantitative estimate of drug-likeness (QED) is 0.118. The highest BCUT2D eigenvalue weighted by molar-refractivity contribution is 4.97. The van der Waals surface area contributed by atoms with Crippen LogP contribution >= 0.6 is 0 Å². The average Bonchev–Trinajstić information content (AvgIpc) is 2.98. The molecule has 0 radical (unpaired) electrons. The zero-order valence-electron chi connectivity index (χ0n) is 23.2. The predicted molar refractivity (Wildman–Crippen MR) is 131 cm³/mol. The third-order valence-corrected chi connectivity index (χ3v) is 8.13. The molecule has 0 bridgehead atoms. The molecule has 4 saturated heterocycles. The van der Waals surface area contributed by atoms with E-state index < -0.39 is 136 Å². The summed E-state index contributed by atoms with van der Waals surface area (Å²) in [6.07, 6.45) is -33.4. The van der Waals surface area contributed by atoms with Crippen molar-refractivity contribution in [2.45, 2.75) is 137 Å². The van der Waals surface area contributed by atoms with Crippen LogP contribution in [0.25, 0.3) is 0 Å². The molecule has 4 rings (SSSR count). The summed E-state index contributed by atoms with van der Waals surface area (Å²) in [6, 6.07) is 0. The van der Waals surface area contributed by atoms with E-state index in [1.807, 2.05) is 0 Å². The SMILES string of the molecule is C[C@@H]1O[C@@H](O[C@@H]2[C@@H](O[C@@H]3O[C@H](CO)[C@H](O)[C@H](O)[C@H]3O[C@@H]3O[C@@H](C)[C@@H](O)[C@@H](O)[C@@H]3O)[C@@H](O)[C@@H](CO)O[C@@H]2O)[C@@H](O)[C@H](O)[C@@H]1O. The summed E-state index contributed by atoms with van der Waals surface area (Å²) in [5, 5.41) is 124. The van der Waals surface area contributed by atoms with E-state index in [0.717, 1.165) is 0 Å². The van der Waals surface area contributed by atoms with Gasteiger partial charge in [0.05, 0.1) is 25.4 Å². The van der Waals surface area contributed by atoms with Crippen LogP contribution in [0.4, 0.5) is 0 Å². The molecule has 4 heterocycles. The summed E-state index contributed by atoms with van der Waals surface area (Å²) < 4.78 is 38.7. The second kappa shape index (κ2) is 14.3. The van der Waals surface area contributed by atoms with Gasteiger partial charge in [-0.15, -0.1) is 0 Å². The maximum atomic E-state index is 11.0. The summed E-state index contributed by atoms with van der Waals surface area (Å²) in [5.41, 5.74) is 0. The molecule has 0 saturated carbocycles. The molecule has 0 amide bonds. The van der Waals surface area contributed by atoms with E-state index in [4.69, 9.17) is 33.2 Å². The number of aliphatic hydroxyl groups excluding tert-OH is 12. The molecule has 4 fully saturated rings. The Bertz CT molecular complexity index is 886. The summed E-state index contributed by atoms with van der Waals surface area (Å²) in [7, 11) is 0. The van der Waals surface area contributed by atoms with Crippen LogP contribution in [0.3, 0.4) is 0 Å². The highest BCUT2D eigenvalue weighted by atomic mass is 16.8. The average molecular weight is 635 g/mol. The normalized spacial score (nSPS) is 54.8. The van der Waals surface area contributed by atoms with E-state index >= 15 is 0 Å². The molecule has 19 nitrogen and oxygen atoms in total. The summed E-state index contributed by atoms with van der Waals surface area (Å²) >= 11 is 0. The van der Waals surface area contributed by atoms with Crippen LogP contribution in [-0.4, -0.2) is 197 Å². The minimum Gasteiger partial charge on any atom is -0.394 e. The van der Waals surface area contributed by atoms with E-state index in [9.17, 15) is 61.3 Å². The van der Waals surface area contributed by atoms with E-state index in [1.54, 1.807) is 0 Å². The van der Waals surface area contributed by atoms with E-state index in [-0.39, 0.29) is 0 Å². The first kappa shape index (κ1) is 35.1. The topological polar surface area (TPSA) is 307 Å². The number of ether oxygens (including phenoxy) is 7. The highest BCUT2D eigenvalue weighted by Gasteiger charge is 2.55. The van der Waals surface area contributed by atoms with Gasteiger partial charge in [0.25, 0.3) is 0 Å². The Kier molecular flexibility index (Phi) is 11.7. The maximum Gasteiger partial charge on any atom is 0.187 e. The molecule has 0 aliphatic carbocycles. The Morgan fingerprint density at radius 2 is 0.860 bits per heavy atom. The van der Waals surface area contributed by atoms with Crippen LogP contribution < -0.4 is 0 Å². The van der Waals surface area contributed by atoms with E-state index in [1.165, 1.54) is 13.8 Å². The molecule has 20 atom stereocenters. The largest absolute Gasteiger partial charge is 0.394 e. The van der Waals surface area contributed by atoms with Crippen LogP contribution in [0.2, 0.25) is 0 Å². The van der Waals surface area contributed by atoms with Crippen molar-refractivity contribution in [1.82, 2.24) is 0 Å². The molecule has 4 aliphatic rings. The molecule has 0 aromatic rings. The molecule has 0 unspecified atom stereocenters. The predicted octanol–water partition coefficient (Wildman–Crippen LogP) is -7.69. The first-order chi connectivity index (χ1) is 20.2. The van der Waals surface area contributed by atoms with Gasteiger partial charge in [0.2, 0.25) is 0 Å². The summed E-state index contributed by atoms with van der Waals surface area (Å²) in [4.78, 5) is 0. The minimum atomic E-state index is -1.98. The van der Waals surface area contributed by atoms with Crippen molar-refractivity contribution in [3.8, 4) is 0 Å². The molecule has 43 heavy (non-hydrogen) atoms. The third kappa shape index (κ3) is 7.00. The van der Waals surface area contributed by atoms with Crippen molar-refractivity contribution < 1.29 is 94.4 Å².